The minimum atomic E-state index is -1.25. The lowest BCUT2D eigenvalue weighted by atomic mass is 10.1. The Hall–Kier alpha value is -4.12. The van der Waals surface area contributed by atoms with Gasteiger partial charge in [0.2, 0.25) is 0 Å². The van der Waals surface area contributed by atoms with Crippen LogP contribution < -0.4 is 10.9 Å². The van der Waals surface area contributed by atoms with Crippen molar-refractivity contribution in [2.24, 2.45) is 0 Å². The summed E-state index contributed by atoms with van der Waals surface area (Å²) in [5.74, 6) is -2.79. The fraction of sp³-hybridized carbons (Fsp3) is 0.0476. The molecule has 0 fully saturated rings. The Morgan fingerprint density at radius 1 is 0.781 bits per heavy atom. The summed E-state index contributed by atoms with van der Waals surface area (Å²) in [7, 11) is 0. The van der Waals surface area contributed by atoms with Gasteiger partial charge in [-0.25, -0.2) is 9.59 Å². The van der Waals surface area contributed by atoms with Gasteiger partial charge in [-0.15, -0.1) is 0 Å². The van der Waals surface area contributed by atoms with Crippen LogP contribution in [0.4, 0.5) is 0 Å². The fourth-order valence-electron chi connectivity index (χ4n) is 3.05. The molecule has 10 nitrogen and oxygen atoms in total. The van der Waals surface area contributed by atoms with Crippen LogP contribution in [0.1, 0.15) is 26.5 Å². The number of aromatic carboxylic acids is 2. The van der Waals surface area contributed by atoms with Crippen molar-refractivity contribution in [3.8, 4) is 11.5 Å². The molecular formula is C21H15BrN2O8. The number of phenolic OH excluding ortho intramolecular Hbond substituents is 2. The average molecular weight is 503 g/mol. The molecule has 2 aromatic heterocycles. The van der Waals surface area contributed by atoms with Gasteiger partial charge in [0.15, 0.2) is 10.9 Å². The number of carboxylic acid groups (broad SMARTS) is 2. The number of nitrogens with one attached hydrogen (secondary N) is 2. The summed E-state index contributed by atoms with van der Waals surface area (Å²) in [5, 5.41) is 37.2. The first kappa shape index (κ1) is 22.6. The number of carboxylic acids is 2. The molecule has 0 radical (unpaired) electrons. The van der Waals surface area contributed by atoms with Crippen molar-refractivity contribution >= 4 is 49.7 Å². The maximum absolute atomic E-state index is 11.7. The van der Waals surface area contributed by atoms with E-state index < -0.39 is 22.8 Å². The molecule has 0 aliphatic heterocycles. The zero-order valence-electron chi connectivity index (χ0n) is 16.3. The van der Waals surface area contributed by atoms with E-state index in [4.69, 9.17) is 10.2 Å². The van der Waals surface area contributed by atoms with Crippen LogP contribution in [0.3, 0.4) is 0 Å². The predicted molar refractivity (Wildman–Crippen MR) is 119 cm³/mol. The van der Waals surface area contributed by atoms with Gasteiger partial charge in [0.25, 0.3) is 0 Å². The molecular weight excluding hydrogens is 488 g/mol. The fourth-order valence-corrected chi connectivity index (χ4v) is 3.58. The van der Waals surface area contributed by atoms with Crippen LogP contribution in [0.5, 0.6) is 11.5 Å². The van der Waals surface area contributed by atoms with Gasteiger partial charge in [-0.1, -0.05) is 6.07 Å². The highest BCUT2D eigenvalue weighted by Crippen LogP contribution is 2.27. The zero-order valence-corrected chi connectivity index (χ0v) is 17.8. The molecule has 0 aliphatic rings. The molecule has 0 bridgehead atoms. The Morgan fingerprint density at radius 3 is 1.72 bits per heavy atom. The van der Waals surface area contributed by atoms with Crippen LogP contribution in [0.25, 0.3) is 21.8 Å². The number of phenols is 2. The van der Waals surface area contributed by atoms with E-state index in [2.05, 4.69) is 25.9 Å². The third-order valence-corrected chi connectivity index (χ3v) is 5.21. The van der Waals surface area contributed by atoms with Gasteiger partial charge < -0.3 is 30.4 Å². The van der Waals surface area contributed by atoms with Gasteiger partial charge >= 0.3 is 11.9 Å². The van der Waals surface area contributed by atoms with Crippen molar-refractivity contribution in [3.05, 3.63) is 78.3 Å². The van der Waals surface area contributed by atoms with E-state index in [0.717, 1.165) is 12.1 Å². The Bertz CT molecular complexity index is 1410. The van der Waals surface area contributed by atoms with E-state index in [-0.39, 0.29) is 39.3 Å². The van der Waals surface area contributed by atoms with E-state index in [0.29, 0.717) is 15.4 Å². The lowest BCUT2D eigenvalue weighted by Crippen LogP contribution is -2.10. The van der Waals surface area contributed by atoms with Crippen molar-refractivity contribution in [1.82, 2.24) is 9.97 Å². The number of fused-ring (bicyclic) bond motifs is 2. The summed E-state index contributed by atoms with van der Waals surface area (Å²) in [4.78, 5) is 49.8. The van der Waals surface area contributed by atoms with E-state index in [1.54, 1.807) is 13.0 Å². The summed E-state index contributed by atoms with van der Waals surface area (Å²) >= 11 is 3.16. The second-order valence-corrected chi connectivity index (χ2v) is 7.53. The van der Waals surface area contributed by atoms with Crippen molar-refractivity contribution in [3.63, 3.8) is 0 Å². The summed E-state index contributed by atoms with van der Waals surface area (Å²) in [5.41, 5.74) is -0.423. The van der Waals surface area contributed by atoms with Crippen molar-refractivity contribution in [2.45, 2.75) is 6.92 Å². The molecule has 0 amide bonds. The van der Waals surface area contributed by atoms with Gasteiger partial charge in [-0.05, 0) is 46.6 Å². The van der Waals surface area contributed by atoms with Crippen molar-refractivity contribution < 1.29 is 30.0 Å². The molecule has 0 atom stereocenters. The molecule has 2 aromatic carbocycles. The highest BCUT2D eigenvalue weighted by atomic mass is 79.9. The Labute approximate surface area is 186 Å². The molecule has 2 heterocycles. The monoisotopic (exact) mass is 502 g/mol. The van der Waals surface area contributed by atoms with Gasteiger partial charge in [-0.2, -0.15) is 0 Å². The van der Waals surface area contributed by atoms with Crippen LogP contribution in [-0.4, -0.2) is 42.3 Å². The first-order valence-electron chi connectivity index (χ1n) is 8.88. The van der Waals surface area contributed by atoms with Crippen LogP contribution in [-0.2, 0) is 0 Å². The van der Waals surface area contributed by atoms with E-state index in [1.165, 1.54) is 18.2 Å². The average Bonchev–Trinajstić information content (AvgIpc) is 2.73. The number of aryl methyl sites for hydroxylation is 1. The lowest BCUT2D eigenvalue weighted by molar-refractivity contribution is 0.0680. The lowest BCUT2D eigenvalue weighted by Gasteiger charge is -2.05. The largest absolute Gasteiger partial charge is 0.506 e. The third kappa shape index (κ3) is 4.18. The maximum Gasteiger partial charge on any atom is 0.352 e. The predicted octanol–water partition coefficient (Wildman–Crippen LogP) is 2.93. The number of aromatic hydroxyl groups is 2. The summed E-state index contributed by atoms with van der Waals surface area (Å²) in [6.07, 6.45) is 0. The van der Waals surface area contributed by atoms with E-state index in [1.807, 2.05) is 0 Å². The maximum atomic E-state index is 11.7. The Balaban J connectivity index is 0.000000181. The number of aromatic nitrogens is 2. The molecule has 0 saturated heterocycles. The Kier molecular flexibility index (Phi) is 6.03. The van der Waals surface area contributed by atoms with Gasteiger partial charge in [0.05, 0.1) is 21.8 Å². The third-order valence-electron chi connectivity index (χ3n) is 4.55. The molecule has 0 unspecified atom stereocenters. The zero-order chi connectivity index (χ0) is 23.7. The molecule has 4 rings (SSSR count). The summed E-state index contributed by atoms with van der Waals surface area (Å²) < 4.78 is 0.499. The minimum Gasteiger partial charge on any atom is -0.506 e. The molecule has 32 heavy (non-hydrogen) atoms. The number of aromatic amines is 2. The quantitative estimate of drug-likeness (QED) is 0.241. The normalized spacial score (nSPS) is 10.6. The standard InChI is InChI=1S/C11H9NO4.C10H6BrNO4/c1-5-2-3-7(13)10-9(5)8(14)4-6(12-10)11(15)16;11-4-1-2-6(13)9-8(4)7(14)3-5(12-9)10(15)16/h2-4,13H,1H3,(H,12,14)(H,15,16);1-3,13H,(H,12,14)(H,15,16). The van der Waals surface area contributed by atoms with E-state index in [9.17, 15) is 29.4 Å². The molecule has 164 valence electrons. The number of hydrogen-bond donors (Lipinski definition) is 6. The van der Waals surface area contributed by atoms with Crippen LogP contribution in [0, 0.1) is 6.92 Å². The van der Waals surface area contributed by atoms with Crippen LogP contribution in [0.2, 0.25) is 0 Å². The summed E-state index contributed by atoms with van der Waals surface area (Å²) in [6.45, 7) is 1.72. The number of benzene rings is 2. The van der Waals surface area contributed by atoms with Gasteiger partial charge in [-0.3, -0.25) is 9.59 Å². The molecule has 0 saturated carbocycles. The van der Waals surface area contributed by atoms with Crippen LogP contribution in [0.15, 0.2) is 50.5 Å². The van der Waals surface area contributed by atoms with Crippen molar-refractivity contribution in [1.29, 1.82) is 0 Å². The smallest absolute Gasteiger partial charge is 0.352 e. The highest BCUT2D eigenvalue weighted by molar-refractivity contribution is 9.10. The molecule has 6 N–H and O–H groups in total. The molecule has 11 heteroatoms. The molecule has 0 spiro atoms. The van der Waals surface area contributed by atoms with Crippen LogP contribution >= 0.6 is 15.9 Å². The summed E-state index contributed by atoms with van der Waals surface area (Å²) in [6, 6.07) is 7.90. The van der Waals surface area contributed by atoms with Crippen molar-refractivity contribution in [2.75, 3.05) is 0 Å². The second-order valence-electron chi connectivity index (χ2n) is 6.67. The number of pyridine rings is 2. The first-order chi connectivity index (χ1) is 15.0. The molecule has 0 aliphatic carbocycles. The SMILES string of the molecule is Cc1ccc(O)c2[nH]c(C(=O)O)cc(=O)c12.O=C(O)c1cc(=O)c2c(Br)ccc(O)c2[nH]1. The first-order valence-corrected chi connectivity index (χ1v) is 9.67. The Morgan fingerprint density at radius 2 is 1.22 bits per heavy atom. The minimum absolute atomic E-state index is 0.110. The number of H-pyrrole nitrogens is 2. The number of hydrogen-bond acceptors (Lipinski definition) is 6. The van der Waals surface area contributed by atoms with E-state index >= 15 is 0 Å². The highest BCUT2D eigenvalue weighted by Gasteiger charge is 2.13. The number of rotatable bonds is 2. The number of halogens is 1. The second kappa shape index (κ2) is 8.55. The van der Waals surface area contributed by atoms with Gasteiger partial charge in [0.1, 0.15) is 22.9 Å². The van der Waals surface area contributed by atoms with Gasteiger partial charge in [0, 0.05) is 16.6 Å². The number of carbonyl (C=O) groups is 2. The topological polar surface area (TPSA) is 181 Å². The molecule has 4 aromatic rings.